The summed E-state index contributed by atoms with van der Waals surface area (Å²) in [6, 6.07) is 0. The van der Waals surface area contributed by atoms with Gasteiger partial charge < -0.3 is 14.7 Å². The Morgan fingerprint density at radius 2 is 1.73 bits per heavy atom. The average molecular weight is 314 g/mol. The van der Waals surface area contributed by atoms with Crippen molar-refractivity contribution in [2.45, 2.75) is 71.8 Å². The summed E-state index contributed by atoms with van der Waals surface area (Å²) in [6.45, 7) is 8.67. The van der Waals surface area contributed by atoms with Crippen LogP contribution in [0.1, 0.15) is 65.7 Å². The Bertz CT molecular complexity index is 307. The van der Waals surface area contributed by atoms with Gasteiger partial charge >= 0.3 is 5.97 Å². The van der Waals surface area contributed by atoms with Crippen molar-refractivity contribution >= 4 is 5.97 Å². The molecule has 0 aliphatic rings. The number of unbranched alkanes of at least 4 members (excludes halogenated alkanes) is 3. The van der Waals surface area contributed by atoms with E-state index in [2.05, 4.69) is 19.9 Å². The summed E-state index contributed by atoms with van der Waals surface area (Å²) in [5.74, 6) is -0.756. The van der Waals surface area contributed by atoms with Crippen LogP contribution in [0.4, 0.5) is 0 Å². The number of aliphatic hydroxyl groups is 1. The van der Waals surface area contributed by atoms with Crippen LogP contribution in [-0.4, -0.2) is 52.9 Å². The maximum Gasteiger partial charge on any atom is 0.359 e. The zero-order valence-corrected chi connectivity index (χ0v) is 14.8. The molecule has 0 aromatic heterocycles. The first kappa shape index (κ1) is 21.1. The number of carboxylic acids is 1. The molecule has 0 fully saturated rings. The Kier molecular flexibility index (Phi) is 12.2. The molecule has 4 heteroatoms. The lowest BCUT2D eigenvalue weighted by Gasteiger charge is -2.39. The lowest BCUT2D eigenvalue weighted by molar-refractivity contribution is -0.924. The van der Waals surface area contributed by atoms with Crippen LogP contribution in [0, 0.1) is 0 Å². The fraction of sp³-hybridized carbons (Fsp3) is 0.833. The number of carboxylic acid groups (broad SMARTS) is 1. The lowest BCUT2D eigenvalue weighted by Crippen LogP contribution is -2.56. The molecule has 0 radical (unpaired) electrons. The summed E-state index contributed by atoms with van der Waals surface area (Å²) in [6.07, 6.45) is 10.6. The van der Waals surface area contributed by atoms with E-state index in [0.717, 1.165) is 58.0 Å². The number of aliphatic hydroxyl groups excluding tert-OH is 1. The van der Waals surface area contributed by atoms with Crippen LogP contribution in [0.2, 0.25) is 0 Å². The Hall–Kier alpha value is -0.870. The van der Waals surface area contributed by atoms with Gasteiger partial charge in [-0.2, -0.15) is 0 Å². The van der Waals surface area contributed by atoms with Crippen LogP contribution in [-0.2, 0) is 4.79 Å². The maximum atomic E-state index is 11.3. The SMILES string of the molecule is C/C=C/CCCC(O)C[N+](CCCC)(CCCC)CC(=O)O. The van der Waals surface area contributed by atoms with Gasteiger partial charge in [-0.1, -0.05) is 38.8 Å². The predicted octanol–water partition coefficient (Wildman–Crippen LogP) is 3.60. The standard InChI is InChI=1S/C18H35NO3/c1-4-7-10-11-12-17(20)15-19(13-8-5-2,14-9-6-3)16-18(21)22/h4,7,17,20H,5-6,8-16H2,1-3H3/p+1/b7-4+. The molecule has 130 valence electrons. The molecule has 0 aliphatic heterocycles. The van der Waals surface area contributed by atoms with E-state index in [0.29, 0.717) is 11.0 Å². The van der Waals surface area contributed by atoms with Crippen LogP contribution in [0.3, 0.4) is 0 Å². The van der Waals surface area contributed by atoms with Crippen LogP contribution >= 0.6 is 0 Å². The van der Waals surface area contributed by atoms with E-state index in [9.17, 15) is 15.0 Å². The zero-order valence-electron chi connectivity index (χ0n) is 14.8. The summed E-state index contributed by atoms with van der Waals surface area (Å²) >= 11 is 0. The van der Waals surface area contributed by atoms with Crippen molar-refractivity contribution in [1.82, 2.24) is 0 Å². The number of hydrogen-bond donors (Lipinski definition) is 2. The van der Waals surface area contributed by atoms with Gasteiger partial charge in [0, 0.05) is 0 Å². The molecule has 0 aromatic carbocycles. The predicted molar refractivity (Wildman–Crippen MR) is 91.9 cm³/mol. The van der Waals surface area contributed by atoms with Crippen molar-refractivity contribution < 1.29 is 19.5 Å². The van der Waals surface area contributed by atoms with Gasteiger partial charge in [0.05, 0.1) is 13.1 Å². The fourth-order valence-corrected chi connectivity index (χ4v) is 2.97. The van der Waals surface area contributed by atoms with Crippen molar-refractivity contribution in [1.29, 1.82) is 0 Å². The number of aliphatic carboxylic acids is 1. The number of quaternary nitrogens is 1. The van der Waals surface area contributed by atoms with Gasteiger partial charge in [0.15, 0.2) is 6.54 Å². The van der Waals surface area contributed by atoms with Gasteiger partial charge in [-0.05, 0) is 39.0 Å². The molecule has 4 nitrogen and oxygen atoms in total. The molecule has 1 atom stereocenters. The van der Waals surface area contributed by atoms with E-state index in [-0.39, 0.29) is 6.54 Å². The van der Waals surface area contributed by atoms with Gasteiger partial charge in [-0.25, -0.2) is 4.79 Å². The average Bonchev–Trinajstić information content (AvgIpc) is 2.47. The van der Waals surface area contributed by atoms with Gasteiger partial charge in [0.1, 0.15) is 12.6 Å². The Morgan fingerprint density at radius 3 is 2.18 bits per heavy atom. The molecule has 0 aromatic rings. The van der Waals surface area contributed by atoms with Gasteiger partial charge in [0.25, 0.3) is 0 Å². The first-order valence-electron chi connectivity index (χ1n) is 8.85. The fourth-order valence-electron chi connectivity index (χ4n) is 2.97. The topological polar surface area (TPSA) is 57.5 Å². The van der Waals surface area contributed by atoms with Crippen LogP contribution < -0.4 is 0 Å². The van der Waals surface area contributed by atoms with E-state index in [1.54, 1.807) is 0 Å². The molecular formula is C18H36NO3+. The smallest absolute Gasteiger partial charge is 0.359 e. The molecular weight excluding hydrogens is 278 g/mol. The maximum absolute atomic E-state index is 11.3. The first-order chi connectivity index (χ1) is 10.5. The zero-order chi connectivity index (χ0) is 16.8. The highest BCUT2D eigenvalue weighted by Gasteiger charge is 2.31. The molecule has 0 aliphatic carbocycles. The molecule has 0 spiro atoms. The van der Waals surface area contributed by atoms with E-state index in [4.69, 9.17) is 0 Å². The minimum absolute atomic E-state index is 0.131. The second kappa shape index (κ2) is 12.7. The van der Waals surface area contributed by atoms with Gasteiger partial charge in [-0.3, -0.25) is 0 Å². The van der Waals surface area contributed by atoms with Gasteiger partial charge in [0.2, 0.25) is 0 Å². The minimum Gasteiger partial charge on any atom is -0.477 e. The highest BCUT2D eigenvalue weighted by atomic mass is 16.4. The Labute approximate surface area is 136 Å². The highest BCUT2D eigenvalue weighted by molar-refractivity contribution is 5.67. The quantitative estimate of drug-likeness (QED) is 0.293. The van der Waals surface area contributed by atoms with E-state index >= 15 is 0 Å². The molecule has 1 unspecified atom stereocenters. The monoisotopic (exact) mass is 314 g/mol. The summed E-state index contributed by atoms with van der Waals surface area (Å²) in [5.41, 5.74) is 0. The molecule has 2 N–H and O–H groups in total. The number of hydrogen-bond acceptors (Lipinski definition) is 2. The molecule has 22 heavy (non-hydrogen) atoms. The van der Waals surface area contributed by atoms with Gasteiger partial charge in [-0.15, -0.1) is 0 Å². The summed E-state index contributed by atoms with van der Waals surface area (Å²) in [5, 5.41) is 19.7. The van der Waals surface area contributed by atoms with Crippen LogP contribution in [0.25, 0.3) is 0 Å². The van der Waals surface area contributed by atoms with Crippen molar-refractivity contribution in [2.24, 2.45) is 0 Å². The lowest BCUT2D eigenvalue weighted by atomic mass is 10.1. The second-order valence-corrected chi connectivity index (χ2v) is 6.38. The van der Waals surface area contributed by atoms with Crippen molar-refractivity contribution in [3.05, 3.63) is 12.2 Å². The molecule has 0 bridgehead atoms. The van der Waals surface area contributed by atoms with Crippen molar-refractivity contribution in [2.75, 3.05) is 26.2 Å². The Balaban J connectivity index is 4.72. The molecule has 0 heterocycles. The van der Waals surface area contributed by atoms with Crippen molar-refractivity contribution in [3.63, 3.8) is 0 Å². The normalized spacial score (nSPS) is 13.6. The number of nitrogens with zero attached hydrogens (tertiary/aromatic N) is 1. The van der Waals surface area contributed by atoms with Crippen LogP contribution in [0.5, 0.6) is 0 Å². The number of rotatable bonds is 14. The molecule has 0 amide bonds. The summed E-state index contributed by atoms with van der Waals surface area (Å²) in [4.78, 5) is 11.3. The third-order valence-electron chi connectivity index (χ3n) is 4.18. The Morgan fingerprint density at radius 1 is 1.14 bits per heavy atom. The molecule has 0 saturated heterocycles. The summed E-state index contributed by atoms with van der Waals surface area (Å²) < 4.78 is 0.530. The number of allylic oxidation sites excluding steroid dienone is 2. The third kappa shape index (κ3) is 9.96. The van der Waals surface area contributed by atoms with Crippen LogP contribution in [0.15, 0.2) is 12.2 Å². The number of carbonyl (C=O) groups is 1. The first-order valence-corrected chi connectivity index (χ1v) is 8.85. The summed E-state index contributed by atoms with van der Waals surface area (Å²) in [7, 11) is 0. The van der Waals surface area contributed by atoms with E-state index < -0.39 is 12.1 Å². The minimum atomic E-state index is -0.756. The molecule has 0 saturated carbocycles. The molecule has 0 rings (SSSR count). The van der Waals surface area contributed by atoms with E-state index in [1.807, 2.05) is 13.0 Å². The second-order valence-electron chi connectivity index (χ2n) is 6.38. The van der Waals surface area contributed by atoms with E-state index in [1.165, 1.54) is 0 Å². The highest BCUT2D eigenvalue weighted by Crippen LogP contribution is 2.16. The third-order valence-corrected chi connectivity index (χ3v) is 4.18. The van der Waals surface area contributed by atoms with Crippen molar-refractivity contribution in [3.8, 4) is 0 Å². The largest absolute Gasteiger partial charge is 0.477 e.